The topological polar surface area (TPSA) is 54.4 Å². The van der Waals surface area contributed by atoms with Crippen molar-refractivity contribution in [1.82, 2.24) is 0 Å². The molecule has 0 saturated heterocycles. The summed E-state index contributed by atoms with van der Waals surface area (Å²) in [6, 6.07) is 7.49. The molecule has 3 nitrogen and oxygen atoms in total. The second kappa shape index (κ2) is 11.0. The van der Waals surface area contributed by atoms with Crippen molar-refractivity contribution in [3.63, 3.8) is 0 Å². The molecule has 0 bridgehead atoms. The molecule has 1 rings (SSSR count). The van der Waals surface area contributed by atoms with Gasteiger partial charge in [-0.05, 0) is 24.8 Å². The number of hydrogen-bond acceptors (Lipinski definition) is 2. The van der Waals surface area contributed by atoms with Crippen LogP contribution in [0.3, 0.4) is 0 Å². The molecule has 0 saturated carbocycles. The summed E-state index contributed by atoms with van der Waals surface area (Å²) in [6.45, 7) is 4.21. The van der Waals surface area contributed by atoms with Crippen LogP contribution < -0.4 is 0 Å². The van der Waals surface area contributed by atoms with Gasteiger partial charge in [0.1, 0.15) is 5.92 Å². The molecule has 3 heteroatoms. The van der Waals surface area contributed by atoms with Crippen molar-refractivity contribution in [2.75, 3.05) is 0 Å². The van der Waals surface area contributed by atoms with Crippen molar-refractivity contribution in [3.05, 3.63) is 35.4 Å². The molecular weight excluding hydrogens is 288 g/mol. The van der Waals surface area contributed by atoms with Gasteiger partial charge in [0, 0.05) is 5.56 Å². The maximum atomic E-state index is 12.4. The van der Waals surface area contributed by atoms with Gasteiger partial charge in [0.25, 0.3) is 0 Å². The highest BCUT2D eigenvalue weighted by Gasteiger charge is 2.26. The van der Waals surface area contributed by atoms with Crippen LogP contribution in [0.4, 0.5) is 0 Å². The molecule has 128 valence electrons. The van der Waals surface area contributed by atoms with Crippen molar-refractivity contribution >= 4 is 11.8 Å². The highest BCUT2D eigenvalue weighted by atomic mass is 16.4. The Labute approximate surface area is 140 Å². The van der Waals surface area contributed by atoms with Crippen LogP contribution in [0, 0.1) is 5.92 Å². The van der Waals surface area contributed by atoms with E-state index in [0.29, 0.717) is 12.0 Å². The minimum absolute atomic E-state index is 0.263. The van der Waals surface area contributed by atoms with E-state index in [1.165, 1.54) is 37.7 Å². The van der Waals surface area contributed by atoms with Crippen molar-refractivity contribution in [2.24, 2.45) is 5.92 Å². The van der Waals surface area contributed by atoms with Crippen LogP contribution in [0.25, 0.3) is 0 Å². The van der Waals surface area contributed by atoms with E-state index in [9.17, 15) is 14.7 Å². The number of carboxylic acids is 1. The zero-order valence-corrected chi connectivity index (χ0v) is 14.5. The highest BCUT2D eigenvalue weighted by molar-refractivity contribution is 6.08. The van der Waals surface area contributed by atoms with Gasteiger partial charge >= 0.3 is 5.97 Å². The number of hydrogen-bond donors (Lipinski definition) is 1. The fourth-order valence-electron chi connectivity index (χ4n) is 2.74. The highest BCUT2D eigenvalue weighted by Crippen LogP contribution is 2.17. The summed E-state index contributed by atoms with van der Waals surface area (Å²) in [5, 5.41) is 9.25. The molecule has 0 radical (unpaired) electrons. The Morgan fingerprint density at radius 1 is 0.913 bits per heavy atom. The first kappa shape index (κ1) is 19.4. The summed E-state index contributed by atoms with van der Waals surface area (Å²) < 4.78 is 0. The minimum Gasteiger partial charge on any atom is -0.481 e. The minimum atomic E-state index is -1.01. The Hall–Kier alpha value is -1.64. The third kappa shape index (κ3) is 6.98. The molecule has 1 atom stereocenters. The lowest BCUT2D eigenvalue weighted by Gasteiger charge is -2.11. The van der Waals surface area contributed by atoms with E-state index < -0.39 is 11.9 Å². The smallest absolute Gasteiger partial charge is 0.314 e. The van der Waals surface area contributed by atoms with Gasteiger partial charge in [0.05, 0.1) is 0 Å². The van der Waals surface area contributed by atoms with Crippen molar-refractivity contribution in [1.29, 1.82) is 0 Å². The van der Waals surface area contributed by atoms with E-state index >= 15 is 0 Å². The molecule has 1 N–H and O–H groups in total. The Balaban J connectivity index is 2.56. The van der Waals surface area contributed by atoms with Crippen LogP contribution in [0.15, 0.2) is 24.3 Å². The molecular formula is C20H30O3. The van der Waals surface area contributed by atoms with Crippen LogP contribution in [0.5, 0.6) is 0 Å². The quantitative estimate of drug-likeness (QED) is 0.324. The van der Waals surface area contributed by atoms with E-state index in [4.69, 9.17) is 0 Å². The number of rotatable bonds is 12. The standard InChI is InChI=1S/C20H30O3/c1-3-5-7-8-9-10-16-12-14-17(15-13-16)19(21)18(20(22)23)11-6-4-2/h12-15,18H,3-11H2,1-2H3,(H,22,23). The van der Waals surface area contributed by atoms with Gasteiger partial charge < -0.3 is 5.11 Å². The van der Waals surface area contributed by atoms with Crippen molar-refractivity contribution in [3.8, 4) is 0 Å². The van der Waals surface area contributed by atoms with Crippen LogP contribution in [0.1, 0.15) is 81.1 Å². The largest absolute Gasteiger partial charge is 0.481 e. The SMILES string of the molecule is CCCCCCCc1ccc(C(=O)C(CCCC)C(=O)O)cc1. The molecule has 0 aliphatic rings. The summed E-state index contributed by atoms with van der Waals surface area (Å²) in [5.74, 6) is -2.18. The molecule has 0 aromatic heterocycles. The summed E-state index contributed by atoms with van der Waals surface area (Å²) in [5.41, 5.74) is 1.74. The van der Waals surface area contributed by atoms with Crippen LogP contribution in [-0.4, -0.2) is 16.9 Å². The van der Waals surface area contributed by atoms with Gasteiger partial charge in [-0.3, -0.25) is 9.59 Å². The van der Waals surface area contributed by atoms with E-state index in [0.717, 1.165) is 19.3 Å². The average molecular weight is 318 g/mol. The molecule has 1 aromatic carbocycles. The first-order valence-electron chi connectivity index (χ1n) is 8.96. The third-order valence-corrected chi connectivity index (χ3v) is 4.27. The number of benzene rings is 1. The molecule has 1 unspecified atom stereocenters. The molecule has 0 spiro atoms. The Kier molecular flexibility index (Phi) is 9.27. The summed E-state index contributed by atoms with van der Waals surface area (Å²) >= 11 is 0. The fourth-order valence-corrected chi connectivity index (χ4v) is 2.74. The number of carbonyl (C=O) groups is 2. The Morgan fingerprint density at radius 2 is 1.52 bits per heavy atom. The lowest BCUT2D eigenvalue weighted by Crippen LogP contribution is -2.23. The third-order valence-electron chi connectivity index (χ3n) is 4.27. The van der Waals surface area contributed by atoms with Gasteiger partial charge in [0.2, 0.25) is 0 Å². The first-order valence-corrected chi connectivity index (χ1v) is 8.96. The van der Waals surface area contributed by atoms with Crippen molar-refractivity contribution in [2.45, 2.75) is 71.6 Å². The molecule has 23 heavy (non-hydrogen) atoms. The lowest BCUT2D eigenvalue weighted by atomic mass is 9.92. The van der Waals surface area contributed by atoms with Gasteiger partial charge in [-0.25, -0.2) is 0 Å². The molecule has 0 amide bonds. The number of aryl methyl sites for hydroxylation is 1. The van der Waals surface area contributed by atoms with Gasteiger partial charge in [-0.15, -0.1) is 0 Å². The zero-order chi connectivity index (χ0) is 17.1. The van der Waals surface area contributed by atoms with Crippen LogP contribution in [-0.2, 0) is 11.2 Å². The summed E-state index contributed by atoms with van der Waals surface area (Å²) in [6.07, 6.45) is 9.34. The van der Waals surface area contributed by atoms with Crippen LogP contribution in [0.2, 0.25) is 0 Å². The first-order chi connectivity index (χ1) is 11.1. The van der Waals surface area contributed by atoms with Crippen LogP contribution >= 0.6 is 0 Å². The van der Waals surface area contributed by atoms with Gasteiger partial charge in [-0.1, -0.05) is 76.6 Å². The lowest BCUT2D eigenvalue weighted by molar-refractivity contribution is -0.140. The predicted molar refractivity (Wildman–Crippen MR) is 93.9 cm³/mol. The zero-order valence-electron chi connectivity index (χ0n) is 14.5. The molecule has 1 aromatic rings. The maximum absolute atomic E-state index is 12.4. The molecule has 0 heterocycles. The monoisotopic (exact) mass is 318 g/mol. The Bertz CT molecular complexity index is 476. The second-order valence-electron chi connectivity index (χ2n) is 6.26. The molecule has 0 fully saturated rings. The Morgan fingerprint density at radius 3 is 2.09 bits per heavy atom. The van der Waals surface area contributed by atoms with E-state index in [-0.39, 0.29) is 5.78 Å². The number of ketones is 1. The maximum Gasteiger partial charge on any atom is 0.314 e. The average Bonchev–Trinajstić information content (AvgIpc) is 2.55. The molecule has 0 aliphatic carbocycles. The van der Waals surface area contributed by atoms with E-state index in [1.807, 2.05) is 19.1 Å². The summed E-state index contributed by atoms with van der Waals surface area (Å²) in [7, 11) is 0. The van der Waals surface area contributed by atoms with Crippen molar-refractivity contribution < 1.29 is 14.7 Å². The fraction of sp³-hybridized carbons (Fsp3) is 0.600. The number of unbranched alkanes of at least 4 members (excludes halogenated alkanes) is 5. The normalized spacial score (nSPS) is 12.1. The number of Topliss-reactive ketones (excluding diaryl/α,β-unsaturated/α-hetero) is 1. The van der Waals surface area contributed by atoms with Gasteiger partial charge in [0.15, 0.2) is 5.78 Å². The molecule has 0 aliphatic heterocycles. The predicted octanol–water partition coefficient (Wildman–Crippen LogP) is 5.27. The van der Waals surface area contributed by atoms with E-state index in [2.05, 4.69) is 6.92 Å². The number of carbonyl (C=O) groups excluding carboxylic acids is 1. The second-order valence-corrected chi connectivity index (χ2v) is 6.26. The number of carboxylic acid groups (broad SMARTS) is 1. The number of aliphatic carboxylic acids is 1. The van der Waals surface area contributed by atoms with Gasteiger partial charge in [-0.2, -0.15) is 0 Å². The van der Waals surface area contributed by atoms with E-state index in [1.54, 1.807) is 12.1 Å². The summed E-state index contributed by atoms with van der Waals surface area (Å²) in [4.78, 5) is 23.6.